The molecule has 0 radical (unpaired) electrons. The predicted molar refractivity (Wildman–Crippen MR) is 102 cm³/mol. The fourth-order valence-corrected chi connectivity index (χ4v) is 4.61. The second kappa shape index (κ2) is 7.68. The Kier molecular flexibility index (Phi) is 5.51. The van der Waals surface area contributed by atoms with Gasteiger partial charge in [0.15, 0.2) is 6.10 Å². The van der Waals surface area contributed by atoms with Gasteiger partial charge in [0.2, 0.25) is 5.78 Å². The molecule has 0 amide bonds. The number of fused-ring (bicyclic) bond motifs is 1. The fourth-order valence-electron chi connectivity index (χ4n) is 3.47. The van der Waals surface area contributed by atoms with Crippen molar-refractivity contribution >= 4 is 29.1 Å². The van der Waals surface area contributed by atoms with Gasteiger partial charge < -0.3 is 14.5 Å². The van der Waals surface area contributed by atoms with E-state index >= 15 is 0 Å². The third-order valence-electron chi connectivity index (χ3n) is 4.92. The molecule has 0 bridgehead atoms. The quantitative estimate of drug-likeness (QED) is 0.621. The van der Waals surface area contributed by atoms with E-state index in [1.807, 2.05) is 6.07 Å². The molecule has 1 N–H and O–H groups in total. The van der Waals surface area contributed by atoms with Crippen molar-refractivity contribution in [2.45, 2.75) is 52.6 Å². The molecule has 27 heavy (non-hydrogen) atoms. The highest BCUT2D eigenvalue weighted by atomic mass is 32.1. The predicted octanol–water partition coefficient (Wildman–Crippen LogP) is 3.79. The van der Waals surface area contributed by atoms with Gasteiger partial charge in [-0.2, -0.15) is 0 Å². The first-order chi connectivity index (χ1) is 12.8. The summed E-state index contributed by atoms with van der Waals surface area (Å²) in [4.78, 5) is 41.8. The number of aromatic nitrogens is 1. The van der Waals surface area contributed by atoms with Crippen LogP contribution < -0.4 is 0 Å². The molecule has 1 aliphatic rings. The number of hydrogen-bond donors (Lipinski definition) is 1. The summed E-state index contributed by atoms with van der Waals surface area (Å²) in [6.45, 7) is 4.91. The Morgan fingerprint density at radius 2 is 1.85 bits per heavy atom. The van der Waals surface area contributed by atoms with Gasteiger partial charge in [0.25, 0.3) is 0 Å². The highest BCUT2D eigenvalue weighted by molar-refractivity contribution is 7.14. The minimum Gasteiger partial charge on any atom is -0.465 e. The number of hydrogen-bond acceptors (Lipinski definition) is 6. The van der Waals surface area contributed by atoms with E-state index < -0.39 is 18.0 Å². The van der Waals surface area contributed by atoms with Crippen molar-refractivity contribution < 1.29 is 23.9 Å². The van der Waals surface area contributed by atoms with Gasteiger partial charge in [-0.3, -0.25) is 4.79 Å². The van der Waals surface area contributed by atoms with Gasteiger partial charge in [0.05, 0.1) is 18.4 Å². The average molecular weight is 389 g/mol. The summed E-state index contributed by atoms with van der Waals surface area (Å²) < 4.78 is 10.2. The second-order valence-electron chi connectivity index (χ2n) is 6.79. The molecule has 0 aromatic carbocycles. The van der Waals surface area contributed by atoms with Gasteiger partial charge in [-0.1, -0.05) is 0 Å². The van der Waals surface area contributed by atoms with E-state index in [2.05, 4.69) is 4.98 Å². The van der Waals surface area contributed by atoms with Crippen LogP contribution in [0.15, 0.2) is 6.07 Å². The van der Waals surface area contributed by atoms with Crippen molar-refractivity contribution in [1.82, 2.24) is 4.98 Å². The number of ether oxygens (including phenoxy) is 2. The second-order valence-corrected chi connectivity index (χ2v) is 7.93. The number of aryl methyl sites for hydroxylation is 3. The molecular formula is C20H23NO5S. The molecule has 2 aromatic heterocycles. The van der Waals surface area contributed by atoms with E-state index in [9.17, 15) is 14.4 Å². The van der Waals surface area contributed by atoms with Crippen molar-refractivity contribution in [3.8, 4) is 0 Å². The SMILES string of the molecule is COC(=O)c1c(C)[nH]c(C(=O)[C@H](C)OC(=O)c2cc3c(s2)CCCC3)c1C. The Bertz CT molecular complexity index is 884. The monoisotopic (exact) mass is 389 g/mol. The number of Topliss-reactive ketones (excluding diaryl/α,β-unsaturated/α-hetero) is 1. The minimum absolute atomic E-state index is 0.263. The topological polar surface area (TPSA) is 85.5 Å². The molecule has 2 heterocycles. The van der Waals surface area contributed by atoms with Crippen LogP contribution in [0.2, 0.25) is 0 Å². The lowest BCUT2D eigenvalue weighted by atomic mass is 9.99. The number of rotatable bonds is 5. The third kappa shape index (κ3) is 3.69. The van der Waals surface area contributed by atoms with Crippen LogP contribution in [-0.2, 0) is 22.3 Å². The number of methoxy groups -OCH3 is 1. The molecule has 0 spiro atoms. The molecule has 0 fully saturated rings. The Morgan fingerprint density at radius 1 is 1.15 bits per heavy atom. The zero-order chi connectivity index (χ0) is 19.7. The largest absolute Gasteiger partial charge is 0.465 e. The summed E-state index contributed by atoms with van der Waals surface area (Å²) in [5.41, 5.74) is 2.87. The van der Waals surface area contributed by atoms with Gasteiger partial charge in [-0.25, -0.2) is 9.59 Å². The molecular weight excluding hydrogens is 366 g/mol. The van der Waals surface area contributed by atoms with E-state index in [0.29, 0.717) is 21.7 Å². The van der Waals surface area contributed by atoms with Crippen LogP contribution in [0.1, 0.15) is 72.0 Å². The summed E-state index contributed by atoms with van der Waals surface area (Å²) in [6.07, 6.45) is 3.31. The minimum atomic E-state index is -0.959. The van der Waals surface area contributed by atoms with E-state index in [0.717, 1.165) is 25.7 Å². The fraction of sp³-hybridized carbons (Fsp3) is 0.450. The number of carbonyl (C=O) groups is 3. The maximum Gasteiger partial charge on any atom is 0.349 e. The third-order valence-corrected chi connectivity index (χ3v) is 6.14. The number of H-pyrrole nitrogens is 1. The van der Waals surface area contributed by atoms with Crippen molar-refractivity contribution in [2.75, 3.05) is 7.11 Å². The van der Waals surface area contributed by atoms with Crippen LogP contribution in [-0.4, -0.2) is 35.9 Å². The molecule has 0 saturated carbocycles. The first-order valence-electron chi connectivity index (χ1n) is 8.97. The number of esters is 2. The number of nitrogens with one attached hydrogen (secondary N) is 1. The molecule has 2 aromatic rings. The zero-order valence-electron chi connectivity index (χ0n) is 15.9. The first kappa shape index (κ1) is 19.4. The highest BCUT2D eigenvalue weighted by Gasteiger charge is 2.28. The molecule has 0 aliphatic heterocycles. The highest BCUT2D eigenvalue weighted by Crippen LogP contribution is 2.30. The Labute approximate surface area is 161 Å². The number of carbonyl (C=O) groups excluding carboxylic acids is 3. The van der Waals surface area contributed by atoms with E-state index in [-0.39, 0.29) is 11.5 Å². The van der Waals surface area contributed by atoms with Crippen LogP contribution in [0.4, 0.5) is 0 Å². The summed E-state index contributed by atoms with van der Waals surface area (Å²) in [5, 5.41) is 0. The normalized spacial score (nSPS) is 14.4. The average Bonchev–Trinajstić information content (AvgIpc) is 3.21. The number of ketones is 1. The molecule has 1 aliphatic carbocycles. The molecule has 1 atom stereocenters. The molecule has 3 rings (SSSR count). The van der Waals surface area contributed by atoms with Crippen LogP contribution in [0.3, 0.4) is 0 Å². The van der Waals surface area contributed by atoms with E-state index in [4.69, 9.17) is 9.47 Å². The van der Waals surface area contributed by atoms with Gasteiger partial charge in [-0.05, 0) is 63.6 Å². The number of aromatic amines is 1. The molecule has 7 heteroatoms. The van der Waals surface area contributed by atoms with Gasteiger partial charge in [-0.15, -0.1) is 11.3 Å². The van der Waals surface area contributed by atoms with Crippen molar-refractivity contribution in [3.63, 3.8) is 0 Å². The lowest BCUT2D eigenvalue weighted by Crippen LogP contribution is -2.25. The Hall–Kier alpha value is -2.41. The maximum absolute atomic E-state index is 12.7. The van der Waals surface area contributed by atoms with Gasteiger partial charge >= 0.3 is 11.9 Å². The summed E-state index contributed by atoms with van der Waals surface area (Å²) in [7, 11) is 1.29. The zero-order valence-corrected chi connectivity index (χ0v) is 16.7. The molecule has 6 nitrogen and oxygen atoms in total. The van der Waals surface area contributed by atoms with Crippen molar-refractivity contribution in [1.29, 1.82) is 0 Å². The van der Waals surface area contributed by atoms with Gasteiger partial charge in [0.1, 0.15) is 4.88 Å². The lowest BCUT2D eigenvalue weighted by molar-refractivity contribution is 0.0321. The lowest BCUT2D eigenvalue weighted by Gasteiger charge is -2.11. The first-order valence-corrected chi connectivity index (χ1v) is 9.79. The van der Waals surface area contributed by atoms with Crippen LogP contribution >= 0.6 is 11.3 Å². The molecule has 0 unspecified atom stereocenters. The van der Waals surface area contributed by atoms with Crippen LogP contribution in [0, 0.1) is 13.8 Å². The summed E-state index contributed by atoms with van der Waals surface area (Å²) >= 11 is 1.45. The Morgan fingerprint density at radius 3 is 2.52 bits per heavy atom. The van der Waals surface area contributed by atoms with E-state index in [1.54, 1.807) is 20.8 Å². The summed E-state index contributed by atoms with van der Waals surface area (Å²) in [5.74, 6) is -1.36. The summed E-state index contributed by atoms with van der Waals surface area (Å²) in [6, 6.07) is 1.89. The molecule has 144 valence electrons. The van der Waals surface area contributed by atoms with E-state index in [1.165, 1.54) is 28.9 Å². The van der Waals surface area contributed by atoms with Crippen LogP contribution in [0.25, 0.3) is 0 Å². The standard InChI is InChI=1S/C20H23NO5S/c1-10-16(20(24)25-4)11(2)21-17(10)18(22)12(3)26-19(23)15-9-13-7-5-6-8-14(13)27-15/h9,12,21H,5-8H2,1-4H3/t12-/m0/s1. The maximum atomic E-state index is 12.7. The van der Waals surface area contributed by atoms with Crippen molar-refractivity contribution in [2.24, 2.45) is 0 Å². The van der Waals surface area contributed by atoms with Crippen molar-refractivity contribution in [3.05, 3.63) is 43.9 Å². The van der Waals surface area contributed by atoms with Gasteiger partial charge in [0, 0.05) is 10.6 Å². The van der Waals surface area contributed by atoms with Crippen LogP contribution in [0.5, 0.6) is 0 Å². The number of thiophene rings is 1. The molecule has 0 saturated heterocycles. The Balaban J connectivity index is 1.75. The smallest absolute Gasteiger partial charge is 0.349 e.